The van der Waals surface area contributed by atoms with Crippen LogP contribution in [0.1, 0.15) is 17.7 Å². The van der Waals surface area contributed by atoms with Crippen molar-refractivity contribution in [2.75, 3.05) is 7.11 Å². The third-order valence-electron chi connectivity index (χ3n) is 2.46. The molecule has 2 heterocycles. The summed E-state index contributed by atoms with van der Waals surface area (Å²) in [5.41, 5.74) is 2.52. The molecule has 0 N–H and O–H groups in total. The molecule has 0 amide bonds. The number of methoxy groups -OCH3 is 1. The van der Waals surface area contributed by atoms with Crippen LogP contribution in [-0.2, 0) is 21.4 Å². The fraction of sp³-hybridized carbons (Fsp3) is 0.500. The van der Waals surface area contributed by atoms with Gasteiger partial charge in [-0.3, -0.25) is 4.68 Å². The van der Waals surface area contributed by atoms with E-state index in [0.717, 1.165) is 17.0 Å². The summed E-state index contributed by atoms with van der Waals surface area (Å²) in [6.07, 6.45) is 1.66. The molecule has 1 aromatic heterocycles. The van der Waals surface area contributed by atoms with E-state index in [0.29, 0.717) is 6.42 Å². The van der Waals surface area contributed by atoms with E-state index in [1.54, 1.807) is 4.68 Å². The Kier molecular flexibility index (Phi) is 2.64. The standard InChI is InChI=1S/C10H13N3O3/c1-6-7(5-13(2)11-6)8-4-9(16-12-8)10(14)15-3/h5,9H,4H2,1-3H3/t9-/m1/s1. The van der Waals surface area contributed by atoms with Gasteiger partial charge in [-0.25, -0.2) is 4.79 Å². The van der Waals surface area contributed by atoms with Crippen molar-refractivity contribution in [2.45, 2.75) is 19.4 Å². The van der Waals surface area contributed by atoms with E-state index in [1.165, 1.54) is 7.11 Å². The first-order valence-corrected chi connectivity index (χ1v) is 4.93. The van der Waals surface area contributed by atoms with E-state index in [-0.39, 0.29) is 0 Å². The predicted octanol–water partition coefficient (Wildman–Crippen LogP) is 0.395. The van der Waals surface area contributed by atoms with Crippen LogP contribution in [0.25, 0.3) is 0 Å². The molecule has 0 fully saturated rings. The molecule has 1 aliphatic rings. The molecule has 0 bridgehead atoms. The maximum absolute atomic E-state index is 11.2. The van der Waals surface area contributed by atoms with Crippen molar-refractivity contribution in [2.24, 2.45) is 12.2 Å². The maximum atomic E-state index is 11.2. The first-order valence-electron chi connectivity index (χ1n) is 4.93. The zero-order valence-electron chi connectivity index (χ0n) is 9.43. The van der Waals surface area contributed by atoms with Gasteiger partial charge in [0.25, 0.3) is 0 Å². The maximum Gasteiger partial charge on any atom is 0.350 e. The lowest BCUT2D eigenvalue weighted by molar-refractivity contribution is -0.152. The molecule has 16 heavy (non-hydrogen) atoms. The van der Waals surface area contributed by atoms with Crippen molar-refractivity contribution in [1.29, 1.82) is 0 Å². The van der Waals surface area contributed by atoms with Gasteiger partial charge in [-0.1, -0.05) is 5.16 Å². The number of nitrogens with zero attached hydrogens (tertiary/aromatic N) is 3. The number of aromatic nitrogens is 2. The van der Waals surface area contributed by atoms with Crippen molar-refractivity contribution in [3.8, 4) is 0 Å². The van der Waals surface area contributed by atoms with Crippen molar-refractivity contribution in [3.63, 3.8) is 0 Å². The number of aryl methyl sites for hydroxylation is 2. The zero-order valence-corrected chi connectivity index (χ0v) is 9.43. The fourth-order valence-corrected chi connectivity index (χ4v) is 1.68. The SMILES string of the molecule is COC(=O)[C@H]1CC(c2cn(C)nc2C)=NO1. The van der Waals surface area contributed by atoms with E-state index in [2.05, 4.69) is 15.0 Å². The van der Waals surface area contributed by atoms with Crippen LogP contribution in [-0.4, -0.2) is 34.7 Å². The van der Waals surface area contributed by atoms with Gasteiger partial charge >= 0.3 is 5.97 Å². The highest BCUT2D eigenvalue weighted by atomic mass is 16.7. The third-order valence-corrected chi connectivity index (χ3v) is 2.46. The molecule has 0 radical (unpaired) electrons. The quantitative estimate of drug-likeness (QED) is 0.680. The van der Waals surface area contributed by atoms with Crippen molar-refractivity contribution >= 4 is 11.7 Å². The Morgan fingerprint density at radius 1 is 1.69 bits per heavy atom. The molecule has 0 aliphatic carbocycles. The molecule has 0 saturated carbocycles. The Morgan fingerprint density at radius 3 is 3.00 bits per heavy atom. The second-order valence-electron chi connectivity index (χ2n) is 3.66. The summed E-state index contributed by atoms with van der Waals surface area (Å²) in [5.74, 6) is -0.403. The molecular weight excluding hydrogens is 210 g/mol. The van der Waals surface area contributed by atoms with E-state index in [9.17, 15) is 4.79 Å². The van der Waals surface area contributed by atoms with Gasteiger partial charge in [0.05, 0.1) is 18.5 Å². The van der Waals surface area contributed by atoms with Crippen LogP contribution in [0.5, 0.6) is 0 Å². The highest BCUT2D eigenvalue weighted by Gasteiger charge is 2.30. The molecule has 0 spiro atoms. The normalized spacial score (nSPS) is 19.2. The molecule has 1 atom stereocenters. The summed E-state index contributed by atoms with van der Waals surface area (Å²) in [6.45, 7) is 1.89. The monoisotopic (exact) mass is 223 g/mol. The topological polar surface area (TPSA) is 65.7 Å². The van der Waals surface area contributed by atoms with Gasteiger partial charge in [0, 0.05) is 25.2 Å². The van der Waals surface area contributed by atoms with Crippen LogP contribution in [0, 0.1) is 6.92 Å². The van der Waals surface area contributed by atoms with Crippen LogP contribution < -0.4 is 0 Å². The number of esters is 1. The van der Waals surface area contributed by atoms with Gasteiger partial charge in [0.2, 0.25) is 6.10 Å². The minimum absolute atomic E-state index is 0.403. The summed E-state index contributed by atoms with van der Waals surface area (Å²) in [5, 5.41) is 8.10. The first kappa shape index (κ1) is 10.7. The Bertz CT molecular complexity index is 450. The van der Waals surface area contributed by atoms with Crippen LogP contribution in [0.3, 0.4) is 0 Å². The lowest BCUT2D eigenvalue weighted by Crippen LogP contribution is -2.22. The molecular formula is C10H13N3O3. The summed E-state index contributed by atoms with van der Waals surface area (Å²) >= 11 is 0. The number of oxime groups is 1. The third kappa shape index (κ3) is 1.78. The van der Waals surface area contributed by atoms with Crippen molar-refractivity contribution in [3.05, 3.63) is 17.5 Å². The minimum Gasteiger partial charge on any atom is -0.466 e. The van der Waals surface area contributed by atoms with E-state index >= 15 is 0 Å². The van der Waals surface area contributed by atoms with E-state index < -0.39 is 12.1 Å². The summed E-state index contributed by atoms with van der Waals surface area (Å²) in [6, 6.07) is 0. The predicted molar refractivity (Wildman–Crippen MR) is 56.0 cm³/mol. The van der Waals surface area contributed by atoms with Crippen LogP contribution in [0.4, 0.5) is 0 Å². The van der Waals surface area contributed by atoms with Crippen molar-refractivity contribution < 1.29 is 14.4 Å². The molecule has 6 heteroatoms. The largest absolute Gasteiger partial charge is 0.466 e. The summed E-state index contributed by atoms with van der Waals surface area (Å²) in [4.78, 5) is 16.3. The number of rotatable bonds is 2. The Morgan fingerprint density at radius 2 is 2.44 bits per heavy atom. The summed E-state index contributed by atoms with van der Waals surface area (Å²) < 4.78 is 6.30. The van der Waals surface area contributed by atoms with E-state index in [1.807, 2.05) is 20.2 Å². The summed E-state index contributed by atoms with van der Waals surface area (Å²) in [7, 11) is 3.17. The molecule has 0 aromatic carbocycles. The average Bonchev–Trinajstić information content (AvgIpc) is 2.83. The molecule has 1 aliphatic heterocycles. The van der Waals surface area contributed by atoms with Gasteiger partial charge < -0.3 is 9.57 Å². The first-order chi connectivity index (χ1) is 7.61. The smallest absolute Gasteiger partial charge is 0.350 e. The second kappa shape index (κ2) is 3.96. The fourth-order valence-electron chi connectivity index (χ4n) is 1.68. The van der Waals surface area contributed by atoms with Gasteiger partial charge in [0.1, 0.15) is 0 Å². The molecule has 0 saturated heterocycles. The van der Waals surface area contributed by atoms with Crippen LogP contribution >= 0.6 is 0 Å². The second-order valence-corrected chi connectivity index (χ2v) is 3.66. The highest BCUT2D eigenvalue weighted by molar-refractivity contribution is 6.04. The zero-order chi connectivity index (χ0) is 11.7. The van der Waals surface area contributed by atoms with Gasteiger partial charge in [-0.15, -0.1) is 0 Å². The number of hydrogen-bond acceptors (Lipinski definition) is 5. The Labute approximate surface area is 92.8 Å². The van der Waals surface area contributed by atoms with Crippen molar-refractivity contribution in [1.82, 2.24) is 9.78 Å². The lowest BCUT2D eigenvalue weighted by atomic mass is 10.1. The number of hydrogen-bond donors (Lipinski definition) is 0. The van der Waals surface area contributed by atoms with Gasteiger partial charge in [-0.2, -0.15) is 5.10 Å². The van der Waals surface area contributed by atoms with Crippen LogP contribution in [0.15, 0.2) is 11.4 Å². The van der Waals surface area contributed by atoms with Gasteiger partial charge in [0.15, 0.2) is 0 Å². The van der Waals surface area contributed by atoms with E-state index in [4.69, 9.17) is 4.84 Å². The molecule has 2 rings (SSSR count). The molecule has 86 valence electrons. The number of ether oxygens (including phenoxy) is 1. The molecule has 0 unspecified atom stereocenters. The Hall–Kier alpha value is -1.85. The average molecular weight is 223 g/mol. The number of carbonyl (C=O) groups excluding carboxylic acids is 1. The number of carbonyl (C=O) groups is 1. The molecule has 1 aromatic rings. The highest BCUT2D eigenvalue weighted by Crippen LogP contribution is 2.19. The minimum atomic E-state index is -0.625. The van der Waals surface area contributed by atoms with Gasteiger partial charge in [-0.05, 0) is 6.92 Å². The van der Waals surface area contributed by atoms with Crippen LogP contribution in [0.2, 0.25) is 0 Å². The molecule has 6 nitrogen and oxygen atoms in total. The lowest BCUT2D eigenvalue weighted by Gasteiger charge is -2.03. The Balaban J connectivity index is 2.14.